The number of benzene rings is 1. The number of allylic oxidation sites excluding steroid dienone is 1. The third kappa shape index (κ3) is 5.32. The number of halogens is 3. The molecule has 1 aliphatic carbocycles. The number of imidazole rings is 1. The van der Waals surface area contributed by atoms with Crippen molar-refractivity contribution >= 4 is 28.0 Å². The highest BCUT2D eigenvalue weighted by Gasteiger charge is 2.29. The molecule has 6 heterocycles. The molecule has 2 N–H and O–H groups in total. The highest BCUT2D eigenvalue weighted by molar-refractivity contribution is 6.00. The summed E-state index contributed by atoms with van der Waals surface area (Å²) in [6, 6.07) is 9.97. The Balaban J connectivity index is 1.29. The van der Waals surface area contributed by atoms with Crippen molar-refractivity contribution in [2.75, 3.05) is 13.7 Å². The lowest BCUT2D eigenvalue weighted by molar-refractivity contribution is 0.0771. The van der Waals surface area contributed by atoms with E-state index in [4.69, 9.17) is 15.5 Å². The lowest BCUT2D eigenvalue weighted by atomic mass is 10.1. The molecule has 244 valence electrons. The van der Waals surface area contributed by atoms with Crippen molar-refractivity contribution in [2.45, 2.75) is 38.5 Å². The SMILES string of the molecule is COc1cc(C(=O)N2C=C(N)C[C@@H](F)C2)cc2nc(-c3cc4cccnc4n3CC3CC3)n(Cc3cnn(-c4ncc(F)cc4F)c3)c12. The van der Waals surface area contributed by atoms with Gasteiger partial charge in [-0.15, -0.1) is 0 Å². The lowest BCUT2D eigenvalue weighted by Crippen LogP contribution is -2.37. The molecular weight excluding hydrogens is 623 g/mol. The van der Waals surface area contributed by atoms with Gasteiger partial charge in [0, 0.05) is 59.8 Å². The monoisotopic (exact) mass is 653 g/mol. The number of aromatic nitrogens is 7. The molecule has 1 aromatic carbocycles. The zero-order chi connectivity index (χ0) is 33.1. The van der Waals surface area contributed by atoms with Gasteiger partial charge in [0.25, 0.3) is 5.91 Å². The number of nitrogens with two attached hydrogens (primary N) is 1. The molecule has 48 heavy (non-hydrogen) atoms. The summed E-state index contributed by atoms with van der Waals surface area (Å²) in [6.45, 7) is 0.882. The number of ether oxygens (including phenoxy) is 1. The molecule has 14 heteroatoms. The molecule has 0 radical (unpaired) electrons. The van der Waals surface area contributed by atoms with Gasteiger partial charge in [-0.25, -0.2) is 32.8 Å². The van der Waals surface area contributed by atoms with Gasteiger partial charge >= 0.3 is 0 Å². The Morgan fingerprint density at radius 2 is 1.96 bits per heavy atom. The number of rotatable bonds is 8. The van der Waals surface area contributed by atoms with Gasteiger partial charge in [-0.1, -0.05) is 0 Å². The maximum absolute atomic E-state index is 14.6. The number of hydrogen-bond donors (Lipinski definition) is 1. The van der Waals surface area contributed by atoms with E-state index in [1.165, 1.54) is 22.9 Å². The molecule has 5 aromatic heterocycles. The molecule has 1 atom stereocenters. The van der Waals surface area contributed by atoms with Crippen molar-refractivity contribution in [1.82, 2.24) is 38.8 Å². The molecule has 2 aliphatic rings. The number of carbonyl (C=O) groups excluding carboxylic acids is 1. The van der Waals surface area contributed by atoms with Crippen molar-refractivity contribution in [1.29, 1.82) is 0 Å². The van der Waals surface area contributed by atoms with Gasteiger partial charge in [-0.05, 0) is 49.1 Å². The largest absolute Gasteiger partial charge is 0.494 e. The number of nitrogens with zero attached hydrogens (tertiary/aromatic N) is 8. The van der Waals surface area contributed by atoms with E-state index < -0.39 is 23.7 Å². The normalized spacial score (nSPS) is 16.5. The molecule has 8 rings (SSSR count). The third-order valence-electron chi connectivity index (χ3n) is 8.71. The Morgan fingerprint density at radius 3 is 2.73 bits per heavy atom. The van der Waals surface area contributed by atoms with Crippen molar-refractivity contribution in [3.63, 3.8) is 0 Å². The third-order valence-corrected chi connectivity index (χ3v) is 8.71. The van der Waals surface area contributed by atoms with Gasteiger partial charge in [-0.2, -0.15) is 5.10 Å². The first-order valence-corrected chi connectivity index (χ1v) is 15.5. The second kappa shape index (κ2) is 11.5. The summed E-state index contributed by atoms with van der Waals surface area (Å²) in [5.74, 6) is -0.712. The summed E-state index contributed by atoms with van der Waals surface area (Å²) >= 11 is 0. The van der Waals surface area contributed by atoms with Crippen LogP contribution in [0.15, 0.2) is 73.1 Å². The second-order valence-corrected chi connectivity index (χ2v) is 12.3. The maximum atomic E-state index is 14.6. The molecule has 0 spiro atoms. The molecule has 1 fully saturated rings. The van der Waals surface area contributed by atoms with E-state index in [0.717, 1.165) is 48.4 Å². The van der Waals surface area contributed by atoms with Crippen LogP contribution >= 0.6 is 0 Å². The molecule has 11 nitrogen and oxygen atoms in total. The summed E-state index contributed by atoms with van der Waals surface area (Å²) in [7, 11) is 1.51. The predicted molar refractivity (Wildman–Crippen MR) is 171 cm³/mol. The fourth-order valence-corrected chi connectivity index (χ4v) is 6.34. The number of amides is 1. The minimum absolute atomic E-state index is 0.0735. The van der Waals surface area contributed by atoms with Gasteiger partial charge in [0.2, 0.25) is 0 Å². The Bertz CT molecular complexity index is 2250. The van der Waals surface area contributed by atoms with Crippen molar-refractivity contribution < 1.29 is 22.7 Å². The molecule has 1 saturated carbocycles. The van der Waals surface area contributed by atoms with E-state index in [1.807, 2.05) is 22.8 Å². The van der Waals surface area contributed by atoms with Crippen LogP contribution in [0.5, 0.6) is 5.75 Å². The van der Waals surface area contributed by atoms with Gasteiger partial charge < -0.3 is 24.5 Å². The Hall–Kier alpha value is -5.66. The van der Waals surface area contributed by atoms with Crippen molar-refractivity contribution in [3.8, 4) is 23.1 Å². The minimum atomic E-state index is -1.27. The number of alkyl halides is 1. The summed E-state index contributed by atoms with van der Waals surface area (Å²) in [5.41, 5.74) is 9.88. The molecule has 0 saturated heterocycles. The van der Waals surface area contributed by atoms with Crippen LogP contribution in [0.25, 0.3) is 39.4 Å². The fourth-order valence-electron chi connectivity index (χ4n) is 6.34. The predicted octanol–water partition coefficient (Wildman–Crippen LogP) is 5.36. The molecule has 6 aromatic rings. The second-order valence-electron chi connectivity index (χ2n) is 12.3. The maximum Gasteiger partial charge on any atom is 0.258 e. The van der Waals surface area contributed by atoms with Crippen LogP contribution in [0.2, 0.25) is 0 Å². The van der Waals surface area contributed by atoms with Crippen LogP contribution in [0, 0.1) is 17.6 Å². The van der Waals surface area contributed by atoms with Crippen LogP contribution in [0.4, 0.5) is 13.2 Å². The highest BCUT2D eigenvalue weighted by atomic mass is 19.1. The summed E-state index contributed by atoms with van der Waals surface area (Å²) in [6.07, 6.45) is 8.42. The number of methoxy groups -OCH3 is 1. The van der Waals surface area contributed by atoms with E-state index in [-0.39, 0.29) is 36.6 Å². The number of carbonyl (C=O) groups is 1. The summed E-state index contributed by atoms with van der Waals surface area (Å²) in [5, 5.41) is 5.25. The highest BCUT2D eigenvalue weighted by Crippen LogP contribution is 2.38. The average molecular weight is 654 g/mol. The van der Waals surface area contributed by atoms with Crippen LogP contribution in [-0.4, -0.2) is 64.5 Å². The van der Waals surface area contributed by atoms with E-state index in [0.29, 0.717) is 34.1 Å². The Morgan fingerprint density at radius 1 is 1.10 bits per heavy atom. The van der Waals surface area contributed by atoms with E-state index >= 15 is 0 Å². The molecule has 1 amide bonds. The first kappa shape index (κ1) is 29.7. The average Bonchev–Trinajstić information content (AvgIpc) is 3.47. The van der Waals surface area contributed by atoms with Gasteiger partial charge in [0.1, 0.15) is 28.9 Å². The zero-order valence-electron chi connectivity index (χ0n) is 25.9. The van der Waals surface area contributed by atoms with Crippen LogP contribution in [-0.2, 0) is 13.1 Å². The van der Waals surface area contributed by atoms with E-state index in [1.54, 1.807) is 30.7 Å². The van der Waals surface area contributed by atoms with E-state index in [2.05, 4.69) is 19.6 Å². The molecule has 0 unspecified atom stereocenters. The summed E-state index contributed by atoms with van der Waals surface area (Å²) in [4.78, 5) is 28.5. The molecule has 1 aliphatic heterocycles. The van der Waals surface area contributed by atoms with Crippen LogP contribution < -0.4 is 10.5 Å². The minimum Gasteiger partial charge on any atom is -0.494 e. The first-order valence-electron chi connectivity index (χ1n) is 15.5. The standard InChI is InChI=1S/C34H30F3N9O2/c1-48-29-9-22(34(47)43-17-24(36)10-25(38)18-43)7-27-30(29)45(15-20-12-41-46(16-20)32-26(37)11-23(35)13-40-32)33(42-27)28-8-21-3-2-6-39-31(21)44(28)14-19-4-5-19/h2-3,6-9,11-13,16,18-19,24H,4-5,10,14-15,17,38H2,1H3/t24-/m1/s1. The van der Waals surface area contributed by atoms with E-state index in [9.17, 15) is 18.0 Å². The molecular formula is C34H30F3N9O2. The quantitative estimate of drug-likeness (QED) is 0.235. The smallest absolute Gasteiger partial charge is 0.258 e. The van der Waals surface area contributed by atoms with Crippen molar-refractivity contribution in [2.24, 2.45) is 11.7 Å². The Labute approximate surface area is 272 Å². The van der Waals surface area contributed by atoms with Gasteiger partial charge in [-0.3, -0.25) is 4.79 Å². The fraction of sp³-hybridized carbons (Fsp3) is 0.265. The van der Waals surface area contributed by atoms with Crippen molar-refractivity contribution in [3.05, 3.63) is 95.8 Å². The summed E-state index contributed by atoms with van der Waals surface area (Å²) < 4.78 is 53.8. The van der Waals surface area contributed by atoms with Gasteiger partial charge in [0.05, 0.1) is 43.8 Å². The van der Waals surface area contributed by atoms with Crippen LogP contribution in [0.3, 0.4) is 0 Å². The molecule has 0 bridgehead atoms. The first-order chi connectivity index (χ1) is 23.2. The topological polar surface area (TPSA) is 122 Å². The number of hydrogen-bond acceptors (Lipinski definition) is 7. The zero-order valence-corrected chi connectivity index (χ0v) is 25.9. The lowest BCUT2D eigenvalue weighted by Gasteiger charge is -2.26. The Kier molecular flexibility index (Phi) is 7.15. The number of fused-ring (bicyclic) bond motifs is 2. The van der Waals surface area contributed by atoms with Crippen LogP contribution in [0.1, 0.15) is 35.2 Å². The van der Waals surface area contributed by atoms with Gasteiger partial charge in [0.15, 0.2) is 17.5 Å². The number of pyridine rings is 2.